The zero-order chi connectivity index (χ0) is 19.9. The second kappa shape index (κ2) is 9.87. The molecule has 28 heavy (non-hydrogen) atoms. The minimum Gasteiger partial charge on any atom is -0.461 e. The van der Waals surface area contributed by atoms with Gasteiger partial charge in [-0.1, -0.05) is 60.0 Å². The molecule has 5 heteroatoms. The molecule has 2 unspecified atom stereocenters. The lowest BCUT2D eigenvalue weighted by molar-refractivity contribution is -0.155. The Kier molecular flexibility index (Phi) is 7.26. The van der Waals surface area contributed by atoms with Gasteiger partial charge in [0.2, 0.25) is 5.91 Å². The number of esters is 1. The quantitative estimate of drug-likeness (QED) is 0.599. The third kappa shape index (κ3) is 5.44. The van der Waals surface area contributed by atoms with Gasteiger partial charge in [0, 0.05) is 10.2 Å². The fraction of sp³-hybridized carbons (Fsp3) is 0.391. The van der Waals surface area contributed by atoms with E-state index in [-0.39, 0.29) is 30.3 Å². The van der Waals surface area contributed by atoms with Crippen molar-refractivity contribution >= 4 is 33.5 Å². The van der Waals surface area contributed by atoms with Gasteiger partial charge in [-0.05, 0) is 54.7 Å². The van der Waals surface area contributed by atoms with Crippen LogP contribution >= 0.6 is 15.9 Å². The predicted octanol–water partition coefficient (Wildman–Crippen LogP) is 5.50. The lowest BCUT2D eigenvalue weighted by Crippen LogP contribution is -2.37. The molecule has 0 spiro atoms. The minimum absolute atomic E-state index is 0.0884. The van der Waals surface area contributed by atoms with E-state index in [1.807, 2.05) is 48.5 Å². The van der Waals surface area contributed by atoms with Gasteiger partial charge in [0.05, 0.1) is 11.8 Å². The molecule has 0 aliphatic heterocycles. The molecule has 3 rings (SSSR count). The summed E-state index contributed by atoms with van der Waals surface area (Å²) >= 11 is 3.39. The number of nitrogens with one attached hydrogen (secondary N) is 1. The molecule has 1 saturated carbocycles. The molecule has 1 aliphatic carbocycles. The van der Waals surface area contributed by atoms with Crippen molar-refractivity contribution in [3.63, 3.8) is 0 Å². The summed E-state index contributed by atoms with van der Waals surface area (Å²) in [4.78, 5) is 25.5. The molecule has 1 aliphatic rings. The highest BCUT2D eigenvalue weighted by Gasteiger charge is 2.36. The van der Waals surface area contributed by atoms with Crippen LogP contribution in [0.1, 0.15) is 43.7 Å². The zero-order valence-electron chi connectivity index (χ0n) is 16.1. The van der Waals surface area contributed by atoms with Crippen LogP contribution in [0.5, 0.6) is 0 Å². The summed E-state index contributed by atoms with van der Waals surface area (Å²) in [6.07, 6.45) is 4.29. The second-order valence-electron chi connectivity index (χ2n) is 7.27. The number of hydrogen-bond donors (Lipinski definition) is 1. The number of hydrogen-bond acceptors (Lipinski definition) is 3. The maximum absolute atomic E-state index is 12.8. The second-order valence-corrected chi connectivity index (χ2v) is 8.19. The summed E-state index contributed by atoms with van der Waals surface area (Å²) in [5.74, 6) is -1.07. The molecule has 1 amide bonds. The number of benzene rings is 2. The Hall–Kier alpha value is -2.14. The van der Waals surface area contributed by atoms with Crippen LogP contribution in [-0.2, 0) is 27.4 Å². The molecular weight excluding hydrogens is 418 g/mol. The molecular formula is C23H26BrNO3. The van der Waals surface area contributed by atoms with E-state index >= 15 is 0 Å². The molecule has 1 N–H and O–H groups in total. The highest BCUT2D eigenvalue weighted by Crippen LogP contribution is 2.32. The molecule has 2 aromatic rings. The lowest BCUT2D eigenvalue weighted by Gasteiger charge is -2.29. The smallest absolute Gasteiger partial charge is 0.310 e. The van der Waals surface area contributed by atoms with Crippen LogP contribution in [0, 0.1) is 11.8 Å². The Morgan fingerprint density at radius 2 is 1.57 bits per heavy atom. The van der Waals surface area contributed by atoms with E-state index in [1.54, 1.807) is 0 Å². The molecule has 1 fully saturated rings. The van der Waals surface area contributed by atoms with Crippen LogP contribution in [0.2, 0.25) is 0 Å². The summed E-state index contributed by atoms with van der Waals surface area (Å²) < 4.78 is 6.52. The van der Waals surface area contributed by atoms with Gasteiger partial charge in [0.25, 0.3) is 0 Å². The fourth-order valence-corrected chi connectivity index (χ4v) is 3.89. The molecule has 4 nitrogen and oxygen atoms in total. The largest absolute Gasteiger partial charge is 0.461 e. The number of amides is 1. The molecule has 2 aromatic carbocycles. The number of carbonyl (C=O) groups excluding carboxylic acids is 2. The highest BCUT2D eigenvalue weighted by atomic mass is 79.9. The average Bonchev–Trinajstić information content (AvgIpc) is 2.73. The maximum atomic E-state index is 12.8. The summed E-state index contributed by atoms with van der Waals surface area (Å²) in [6, 6.07) is 15.5. The van der Waals surface area contributed by atoms with Crippen molar-refractivity contribution in [1.29, 1.82) is 0 Å². The Bertz CT molecular complexity index is 802. The van der Waals surface area contributed by atoms with Crippen molar-refractivity contribution < 1.29 is 14.3 Å². The zero-order valence-corrected chi connectivity index (χ0v) is 17.7. The first-order valence-corrected chi connectivity index (χ1v) is 10.7. The molecule has 2 atom stereocenters. The van der Waals surface area contributed by atoms with Gasteiger partial charge in [-0.15, -0.1) is 0 Å². The molecule has 0 saturated heterocycles. The molecule has 148 valence electrons. The van der Waals surface area contributed by atoms with Gasteiger partial charge in [-0.25, -0.2) is 0 Å². The summed E-state index contributed by atoms with van der Waals surface area (Å²) in [5, 5.41) is 2.98. The van der Waals surface area contributed by atoms with E-state index in [9.17, 15) is 9.59 Å². The van der Waals surface area contributed by atoms with Gasteiger partial charge in [-0.3, -0.25) is 9.59 Å². The first-order chi connectivity index (χ1) is 13.6. The molecule has 0 radical (unpaired) electrons. The fourth-order valence-electron chi connectivity index (χ4n) is 3.63. The van der Waals surface area contributed by atoms with E-state index < -0.39 is 0 Å². The van der Waals surface area contributed by atoms with E-state index in [1.165, 1.54) is 5.56 Å². The number of anilines is 1. The SMILES string of the molecule is CCc1ccc(NC(=O)C2CCCCC2C(=O)OCc2ccc(Br)cc2)cc1. The van der Waals surface area contributed by atoms with Gasteiger partial charge in [0.15, 0.2) is 0 Å². The van der Waals surface area contributed by atoms with Crippen LogP contribution in [0.3, 0.4) is 0 Å². The summed E-state index contributed by atoms with van der Waals surface area (Å²) in [5.41, 5.74) is 2.93. The van der Waals surface area contributed by atoms with Crippen LogP contribution < -0.4 is 5.32 Å². The van der Waals surface area contributed by atoms with Gasteiger partial charge >= 0.3 is 5.97 Å². The normalized spacial score (nSPS) is 19.1. The van der Waals surface area contributed by atoms with Crippen molar-refractivity contribution in [3.05, 3.63) is 64.1 Å². The third-order valence-electron chi connectivity index (χ3n) is 5.33. The maximum Gasteiger partial charge on any atom is 0.310 e. The van der Waals surface area contributed by atoms with Crippen molar-refractivity contribution in [2.45, 2.75) is 45.6 Å². The van der Waals surface area contributed by atoms with Crippen molar-refractivity contribution in [2.24, 2.45) is 11.8 Å². The summed E-state index contributed by atoms with van der Waals surface area (Å²) in [7, 11) is 0. The Morgan fingerprint density at radius 3 is 2.21 bits per heavy atom. The van der Waals surface area contributed by atoms with E-state index in [0.717, 1.165) is 41.4 Å². The van der Waals surface area contributed by atoms with E-state index in [4.69, 9.17) is 4.74 Å². The van der Waals surface area contributed by atoms with Crippen molar-refractivity contribution in [1.82, 2.24) is 0 Å². The highest BCUT2D eigenvalue weighted by molar-refractivity contribution is 9.10. The lowest BCUT2D eigenvalue weighted by atomic mass is 9.78. The van der Waals surface area contributed by atoms with Gasteiger partial charge in [0.1, 0.15) is 6.61 Å². The van der Waals surface area contributed by atoms with Crippen molar-refractivity contribution in [3.8, 4) is 0 Å². The predicted molar refractivity (Wildman–Crippen MR) is 114 cm³/mol. The number of rotatable bonds is 6. The Morgan fingerprint density at radius 1 is 0.964 bits per heavy atom. The topological polar surface area (TPSA) is 55.4 Å². The Labute approximate surface area is 174 Å². The average molecular weight is 444 g/mol. The number of aryl methyl sites for hydroxylation is 1. The van der Waals surface area contributed by atoms with Crippen LogP contribution in [0.4, 0.5) is 5.69 Å². The van der Waals surface area contributed by atoms with Gasteiger partial charge in [-0.2, -0.15) is 0 Å². The number of ether oxygens (including phenoxy) is 1. The third-order valence-corrected chi connectivity index (χ3v) is 5.86. The number of halogens is 1. The monoisotopic (exact) mass is 443 g/mol. The van der Waals surface area contributed by atoms with Crippen molar-refractivity contribution in [2.75, 3.05) is 5.32 Å². The first kappa shape index (κ1) is 20.6. The Balaban J connectivity index is 1.60. The van der Waals surface area contributed by atoms with Crippen LogP contribution in [0.15, 0.2) is 53.0 Å². The van der Waals surface area contributed by atoms with Crippen LogP contribution in [-0.4, -0.2) is 11.9 Å². The summed E-state index contributed by atoms with van der Waals surface area (Å²) in [6.45, 7) is 2.33. The van der Waals surface area contributed by atoms with E-state index in [2.05, 4.69) is 28.2 Å². The molecule has 0 heterocycles. The van der Waals surface area contributed by atoms with Gasteiger partial charge < -0.3 is 10.1 Å². The first-order valence-electron chi connectivity index (χ1n) is 9.87. The van der Waals surface area contributed by atoms with E-state index in [0.29, 0.717) is 6.42 Å². The standard InChI is InChI=1S/C23H26BrNO3/c1-2-16-9-13-19(14-10-16)25-22(26)20-5-3-4-6-21(20)23(27)28-15-17-7-11-18(24)12-8-17/h7-14,20-21H,2-6,15H2,1H3,(H,25,26). The molecule has 0 bridgehead atoms. The number of carbonyl (C=O) groups is 2. The van der Waals surface area contributed by atoms with Crippen LogP contribution in [0.25, 0.3) is 0 Å². The minimum atomic E-state index is -0.376. The molecule has 0 aromatic heterocycles.